The van der Waals surface area contributed by atoms with Crippen molar-refractivity contribution < 1.29 is 13.2 Å². The summed E-state index contributed by atoms with van der Waals surface area (Å²) in [4.78, 5) is 4.52. The number of hydrogen-bond donors (Lipinski definition) is 1. The lowest BCUT2D eigenvalue weighted by molar-refractivity contribution is 0.388. The molecule has 1 aliphatic rings. The summed E-state index contributed by atoms with van der Waals surface area (Å²) in [6.07, 6.45) is 2.22. The topological polar surface area (TPSA) is 85.5 Å². The summed E-state index contributed by atoms with van der Waals surface area (Å²) in [6.45, 7) is 0.654. The summed E-state index contributed by atoms with van der Waals surface area (Å²) >= 11 is 0. The number of hydrogen-bond acceptors (Lipinski definition) is 5. The van der Waals surface area contributed by atoms with Crippen molar-refractivity contribution in [3.05, 3.63) is 47.8 Å². The van der Waals surface area contributed by atoms with Crippen molar-refractivity contribution in [1.82, 2.24) is 9.29 Å². The smallest absolute Gasteiger partial charge is 0.243 e. The summed E-state index contributed by atoms with van der Waals surface area (Å²) in [5.74, 6) is 0.622. The van der Waals surface area contributed by atoms with Crippen LogP contribution in [0.2, 0.25) is 0 Å². The van der Waals surface area contributed by atoms with E-state index >= 15 is 0 Å². The molecule has 0 radical (unpaired) electrons. The fourth-order valence-corrected chi connectivity index (χ4v) is 3.95. The van der Waals surface area contributed by atoms with Crippen molar-refractivity contribution in [2.24, 2.45) is 0 Å². The van der Waals surface area contributed by atoms with Crippen molar-refractivity contribution >= 4 is 15.7 Å². The number of sulfonamides is 1. The van der Waals surface area contributed by atoms with Crippen molar-refractivity contribution in [3.63, 3.8) is 0 Å². The van der Waals surface area contributed by atoms with Crippen LogP contribution in [0.4, 0.5) is 5.69 Å². The van der Waals surface area contributed by atoms with Crippen LogP contribution in [0.15, 0.2) is 41.4 Å². The summed E-state index contributed by atoms with van der Waals surface area (Å²) in [7, 11) is -2.01. The minimum absolute atomic E-state index is 0.249. The van der Waals surface area contributed by atoms with Crippen LogP contribution in [0.1, 0.15) is 11.3 Å². The molecule has 2 heterocycles. The van der Waals surface area contributed by atoms with Gasteiger partial charge < -0.3 is 10.5 Å². The molecule has 0 aliphatic carbocycles. The first-order valence-electron chi connectivity index (χ1n) is 6.89. The first-order chi connectivity index (χ1) is 10.5. The average Bonchev–Trinajstić information content (AvgIpc) is 2.55. The number of anilines is 1. The molecule has 0 fully saturated rings. The van der Waals surface area contributed by atoms with Gasteiger partial charge in [0.25, 0.3) is 0 Å². The molecular weight excluding hydrogens is 302 g/mol. The minimum atomic E-state index is -3.55. The lowest BCUT2D eigenvalue weighted by Gasteiger charge is -2.28. The Balaban J connectivity index is 1.92. The summed E-state index contributed by atoms with van der Waals surface area (Å²) < 4.78 is 32.0. The molecule has 6 nitrogen and oxygen atoms in total. The van der Waals surface area contributed by atoms with E-state index in [9.17, 15) is 8.42 Å². The lowest BCUT2D eigenvalue weighted by Crippen LogP contribution is -2.36. The van der Waals surface area contributed by atoms with E-state index in [4.69, 9.17) is 10.5 Å². The molecular formula is C15H17N3O3S. The minimum Gasteiger partial charge on any atom is -0.497 e. The zero-order valence-electron chi connectivity index (χ0n) is 12.2. The van der Waals surface area contributed by atoms with Gasteiger partial charge in [0.05, 0.1) is 12.0 Å². The van der Waals surface area contributed by atoms with Crippen LogP contribution < -0.4 is 10.5 Å². The third-order valence-electron chi connectivity index (χ3n) is 3.81. The highest BCUT2D eigenvalue weighted by Gasteiger charge is 2.29. The Morgan fingerprint density at radius 2 is 1.95 bits per heavy atom. The Labute approximate surface area is 129 Å². The number of fused-ring (bicyclic) bond motifs is 1. The van der Waals surface area contributed by atoms with E-state index in [0.717, 1.165) is 11.3 Å². The second kappa shape index (κ2) is 5.58. The van der Waals surface area contributed by atoms with Crippen LogP contribution in [0, 0.1) is 0 Å². The first-order valence-corrected chi connectivity index (χ1v) is 8.33. The van der Waals surface area contributed by atoms with E-state index in [1.54, 1.807) is 43.6 Å². The number of aromatic nitrogens is 1. The molecule has 3 rings (SSSR count). The molecule has 0 saturated carbocycles. The van der Waals surface area contributed by atoms with Gasteiger partial charge in [-0.1, -0.05) is 0 Å². The molecule has 7 heteroatoms. The molecule has 1 aromatic carbocycles. The molecule has 116 valence electrons. The second-order valence-corrected chi connectivity index (χ2v) is 7.03. The highest BCUT2D eigenvalue weighted by atomic mass is 32.2. The fraction of sp³-hybridized carbons (Fsp3) is 0.267. The molecule has 1 aromatic heterocycles. The molecule has 0 saturated heterocycles. The van der Waals surface area contributed by atoms with Gasteiger partial charge in [0.2, 0.25) is 10.0 Å². The first kappa shape index (κ1) is 14.8. The molecule has 22 heavy (non-hydrogen) atoms. The zero-order chi connectivity index (χ0) is 15.7. The van der Waals surface area contributed by atoms with Crippen LogP contribution in [0.5, 0.6) is 5.75 Å². The Morgan fingerprint density at radius 3 is 2.64 bits per heavy atom. The van der Waals surface area contributed by atoms with E-state index in [2.05, 4.69) is 4.98 Å². The van der Waals surface area contributed by atoms with Crippen LogP contribution in [0.3, 0.4) is 0 Å². The molecule has 0 amide bonds. The van der Waals surface area contributed by atoms with E-state index in [-0.39, 0.29) is 11.4 Å². The molecule has 0 bridgehead atoms. The second-order valence-electron chi connectivity index (χ2n) is 5.09. The zero-order valence-corrected chi connectivity index (χ0v) is 13.0. The summed E-state index contributed by atoms with van der Waals surface area (Å²) in [5.41, 5.74) is 8.20. The van der Waals surface area contributed by atoms with Gasteiger partial charge in [0.1, 0.15) is 5.75 Å². The van der Waals surface area contributed by atoms with Crippen LogP contribution >= 0.6 is 0 Å². The summed E-state index contributed by atoms with van der Waals surface area (Å²) in [6, 6.07) is 8.08. The Hall–Kier alpha value is -2.12. The monoisotopic (exact) mass is 319 g/mol. The molecule has 0 atom stereocenters. The number of nitrogen functional groups attached to an aromatic ring is 1. The van der Waals surface area contributed by atoms with Crippen molar-refractivity contribution in [2.45, 2.75) is 17.9 Å². The number of methoxy groups -OCH3 is 1. The highest BCUT2D eigenvalue weighted by Crippen LogP contribution is 2.27. The van der Waals surface area contributed by atoms with Crippen LogP contribution in [0.25, 0.3) is 0 Å². The van der Waals surface area contributed by atoms with Gasteiger partial charge in [-0.2, -0.15) is 4.31 Å². The van der Waals surface area contributed by atoms with Crippen LogP contribution in [-0.4, -0.2) is 31.4 Å². The molecule has 0 unspecified atom stereocenters. The number of benzene rings is 1. The molecule has 0 spiro atoms. The third kappa shape index (κ3) is 2.53. The largest absolute Gasteiger partial charge is 0.497 e. The van der Waals surface area contributed by atoms with Crippen molar-refractivity contribution in [2.75, 3.05) is 19.4 Å². The van der Waals surface area contributed by atoms with E-state index in [0.29, 0.717) is 24.4 Å². The van der Waals surface area contributed by atoms with Gasteiger partial charge in [-0.25, -0.2) is 8.42 Å². The van der Waals surface area contributed by atoms with Crippen LogP contribution in [-0.2, 0) is 23.0 Å². The van der Waals surface area contributed by atoms with Crippen molar-refractivity contribution in [3.8, 4) is 5.75 Å². The number of ether oxygens (including phenoxy) is 1. The third-order valence-corrected chi connectivity index (χ3v) is 5.67. The maximum atomic E-state index is 12.7. The van der Waals surface area contributed by atoms with Gasteiger partial charge >= 0.3 is 0 Å². The molecule has 2 aromatic rings. The summed E-state index contributed by atoms with van der Waals surface area (Å²) in [5, 5.41) is 0. The van der Waals surface area contributed by atoms with Gasteiger partial charge in [0.15, 0.2) is 0 Å². The molecule has 1 aliphatic heterocycles. The van der Waals surface area contributed by atoms with E-state index in [1.807, 2.05) is 0 Å². The Bertz CT molecular complexity index is 788. The Kier molecular flexibility index (Phi) is 3.76. The van der Waals surface area contributed by atoms with E-state index < -0.39 is 10.0 Å². The number of nitrogens with two attached hydrogens (primary N) is 1. The predicted molar refractivity (Wildman–Crippen MR) is 82.9 cm³/mol. The number of rotatable bonds is 3. The average molecular weight is 319 g/mol. The normalized spacial score (nSPS) is 15.3. The van der Waals surface area contributed by atoms with Gasteiger partial charge in [-0.3, -0.25) is 4.98 Å². The maximum absolute atomic E-state index is 12.7. The standard InChI is InChI=1S/C15H17N3O3S/c1-21-11-2-4-12(5-3-11)22(19,20)18-9-7-15-13(10-18)14(16)6-8-17-15/h2-6,8H,7,9-10H2,1H3,(H2,16,17). The van der Waals surface area contributed by atoms with Gasteiger partial charge in [-0.05, 0) is 30.3 Å². The number of nitrogens with zero attached hydrogens (tertiary/aromatic N) is 2. The van der Waals surface area contributed by atoms with Gasteiger partial charge in [-0.15, -0.1) is 0 Å². The lowest BCUT2D eigenvalue weighted by atomic mass is 10.1. The predicted octanol–water partition coefficient (Wildman–Crippen LogP) is 1.42. The fourth-order valence-electron chi connectivity index (χ4n) is 2.54. The van der Waals surface area contributed by atoms with Gasteiger partial charge in [0, 0.05) is 42.7 Å². The number of pyridine rings is 1. The molecule has 2 N–H and O–H groups in total. The van der Waals surface area contributed by atoms with E-state index in [1.165, 1.54) is 4.31 Å². The quantitative estimate of drug-likeness (QED) is 0.925. The maximum Gasteiger partial charge on any atom is 0.243 e. The van der Waals surface area contributed by atoms with Crippen molar-refractivity contribution in [1.29, 1.82) is 0 Å². The SMILES string of the molecule is COc1ccc(S(=O)(=O)N2CCc3nccc(N)c3C2)cc1. The Morgan fingerprint density at radius 1 is 1.23 bits per heavy atom. The highest BCUT2D eigenvalue weighted by molar-refractivity contribution is 7.89.